The Kier molecular flexibility index (Phi) is 14.5. The lowest BCUT2D eigenvalue weighted by Gasteiger charge is -2.27. The van der Waals surface area contributed by atoms with E-state index in [0.717, 1.165) is 43.4 Å². The number of hydrogen-bond donors (Lipinski definition) is 5. The van der Waals surface area contributed by atoms with Crippen LogP contribution in [0.2, 0.25) is 0 Å². The number of amides is 6. The molecule has 17 nitrogen and oxygen atoms in total. The molecule has 6 amide bonds. The molecule has 0 bridgehead atoms. The minimum absolute atomic E-state index is 0.0598. The highest BCUT2D eigenvalue weighted by Gasteiger charge is 2.45. The number of halogens is 1. The lowest BCUT2D eigenvalue weighted by molar-refractivity contribution is -0.136. The molecule has 2 aromatic carbocycles. The number of imide groups is 2. The Hall–Kier alpha value is -7.21. The molecule has 1 atom stereocenters. The molecule has 0 spiro atoms. The van der Waals surface area contributed by atoms with Crippen molar-refractivity contribution in [3.8, 4) is 16.9 Å². The fraction of sp³-hybridized carbons (Fsp3) is 0.362. The number of benzene rings is 2. The van der Waals surface area contributed by atoms with Crippen LogP contribution in [0.3, 0.4) is 0 Å². The molecule has 340 valence electrons. The number of fused-ring (bicyclic) bond motifs is 2. The van der Waals surface area contributed by atoms with Crippen molar-refractivity contribution in [2.75, 3.05) is 30.3 Å². The SMILES string of the molecule is CC(=O)c1cc(C(=O)Nc2cc(CO)cc(-c3cnn(C)c3)c2F)c2cc(OCCCC(=O)NCCCCCCCCNc3cccc4c3C(=O)N(C3CCC(=O)NC3=O)C4=O)ccn12. The summed E-state index contributed by atoms with van der Waals surface area (Å²) in [6.07, 6.45) is 11.1. The van der Waals surface area contributed by atoms with Crippen LogP contribution in [-0.2, 0) is 28.0 Å². The van der Waals surface area contributed by atoms with Gasteiger partial charge in [0.1, 0.15) is 11.8 Å². The van der Waals surface area contributed by atoms with Gasteiger partial charge in [-0.1, -0.05) is 31.7 Å². The third-order valence-electron chi connectivity index (χ3n) is 11.5. The molecule has 0 saturated carbocycles. The number of aryl methyl sites for hydroxylation is 1. The number of piperidine rings is 1. The van der Waals surface area contributed by atoms with Crippen LogP contribution in [0.1, 0.15) is 118 Å². The highest BCUT2D eigenvalue weighted by Crippen LogP contribution is 2.33. The number of unbranched alkanes of at least 4 members (excludes halogenated alkanes) is 5. The van der Waals surface area contributed by atoms with Gasteiger partial charge in [0.2, 0.25) is 17.7 Å². The predicted molar refractivity (Wildman–Crippen MR) is 237 cm³/mol. The third kappa shape index (κ3) is 10.4. The van der Waals surface area contributed by atoms with E-state index >= 15 is 4.39 Å². The minimum atomic E-state index is -1.01. The Bertz CT molecular complexity index is 2670. The zero-order valence-electron chi connectivity index (χ0n) is 36.2. The number of aliphatic hydroxyl groups excluding tert-OH is 1. The predicted octanol–water partition coefficient (Wildman–Crippen LogP) is 5.56. The number of carbonyl (C=O) groups is 7. The van der Waals surface area contributed by atoms with Crippen LogP contribution in [0, 0.1) is 5.82 Å². The Morgan fingerprint density at radius 2 is 1.69 bits per heavy atom. The van der Waals surface area contributed by atoms with Crippen molar-refractivity contribution in [2.24, 2.45) is 7.05 Å². The fourth-order valence-electron chi connectivity index (χ4n) is 8.13. The number of ketones is 1. The lowest BCUT2D eigenvalue weighted by atomic mass is 10.0. The molecule has 2 aliphatic rings. The van der Waals surface area contributed by atoms with Crippen molar-refractivity contribution in [2.45, 2.75) is 83.8 Å². The van der Waals surface area contributed by atoms with E-state index in [9.17, 15) is 38.7 Å². The fourth-order valence-corrected chi connectivity index (χ4v) is 8.13. The van der Waals surface area contributed by atoms with Crippen LogP contribution in [0.25, 0.3) is 16.6 Å². The number of hydrogen-bond acceptors (Lipinski definition) is 11. The monoisotopic (exact) mass is 890 g/mol. The van der Waals surface area contributed by atoms with Crippen molar-refractivity contribution in [1.29, 1.82) is 0 Å². The molecule has 65 heavy (non-hydrogen) atoms. The van der Waals surface area contributed by atoms with E-state index in [4.69, 9.17) is 4.74 Å². The van der Waals surface area contributed by atoms with Gasteiger partial charge in [0.25, 0.3) is 17.7 Å². The van der Waals surface area contributed by atoms with Crippen LogP contribution in [-0.4, -0.2) is 91.2 Å². The van der Waals surface area contributed by atoms with Crippen LogP contribution in [0.4, 0.5) is 15.8 Å². The van der Waals surface area contributed by atoms with Crippen molar-refractivity contribution < 1.29 is 47.8 Å². The van der Waals surface area contributed by atoms with E-state index in [1.165, 1.54) is 36.0 Å². The highest BCUT2D eigenvalue weighted by molar-refractivity contribution is 6.25. The maximum atomic E-state index is 15.7. The van der Waals surface area contributed by atoms with Gasteiger partial charge in [-0.05, 0) is 67.6 Å². The smallest absolute Gasteiger partial charge is 0.264 e. The van der Waals surface area contributed by atoms with E-state index in [1.807, 2.05) is 0 Å². The van der Waals surface area contributed by atoms with Crippen LogP contribution < -0.4 is 26.0 Å². The molecule has 18 heteroatoms. The molecule has 0 radical (unpaired) electrons. The number of aromatic nitrogens is 3. The molecular weight excluding hydrogens is 840 g/mol. The number of Topliss-reactive ketones (excluding diaryl/α,β-unsaturated/α-hetero) is 1. The van der Waals surface area contributed by atoms with Gasteiger partial charge >= 0.3 is 0 Å². The molecule has 5 heterocycles. The van der Waals surface area contributed by atoms with Gasteiger partial charge in [0.15, 0.2) is 11.6 Å². The number of pyridine rings is 1. The first-order valence-electron chi connectivity index (χ1n) is 21.7. The zero-order valence-corrected chi connectivity index (χ0v) is 36.2. The summed E-state index contributed by atoms with van der Waals surface area (Å²) < 4.78 is 24.7. The van der Waals surface area contributed by atoms with E-state index in [2.05, 4.69) is 26.4 Å². The van der Waals surface area contributed by atoms with Crippen molar-refractivity contribution in [1.82, 2.24) is 29.7 Å². The average Bonchev–Trinajstić information content (AvgIpc) is 3.97. The molecule has 2 aliphatic heterocycles. The molecule has 1 fully saturated rings. The van der Waals surface area contributed by atoms with Gasteiger partial charge < -0.3 is 30.2 Å². The second-order valence-electron chi connectivity index (χ2n) is 16.2. The van der Waals surface area contributed by atoms with Crippen molar-refractivity contribution in [3.63, 3.8) is 0 Å². The summed E-state index contributed by atoms with van der Waals surface area (Å²) in [5.41, 5.74) is 2.60. The first-order chi connectivity index (χ1) is 31.3. The molecule has 1 saturated heterocycles. The molecule has 5 aromatic rings. The standard InChI is InChI=1S/C47H51FN8O9/c1-28(58)38-24-34(44(61)52-36-22-29(27-57)21-33(43(36)48)30-25-51-54(2)26-30)39-23-31(16-19-55(38)39)65-20-10-13-40(59)50-18-8-6-4-3-5-7-17-49-35-12-9-11-32-42(35)47(64)56(46(32)63)37-14-15-41(60)53-45(37)62/h9,11-12,16,19,21-26,37,49,57H,3-8,10,13-15,17-18,20,27H2,1-2H3,(H,50,59)(H,52,61)(H,53,60,62). The molecular formula is C47H51FN8O9. The van der Waals surface area contributed by atoms with E-state index in [0.29, 0.717) is 47.6 Å². The molecule has 0 aliphatic carbocycles. The maximum absolute atomic E-state index is 15.7. The van der Waals surface area contributed by atoms with Crippen molar-refractivity contribution >= 4 is 58.1 Å². The third-order valence-corrected chi connectivity index (χ3v) is 11.5. The average molecular weight is 891 g/mol. The lowest BCUT2D eigenvalue weighted by Crippen LogP contribution is -2.54. The first-order valence-corrected chi connectivity index (χ1v) is 21.7. The van der Waals surface area contributed by atoms with Gasteiger partial charge in [0, 0.05) is 75.2 Å². The Labute approximate surface area is 373 Å². The molecule has 3 aromatic heterocycles. The molecule has 1 unspecified atom stereocenters. The van der Waals surface area contributed by atoms with Crippen LogP contribution in [0.15, 0.2) is 67.1 Å². The second kappa shape index (κ2) is 20.5. The number of ether oxygens (including phenoxy) is 1. The number of carbonyl (C=O) groups excluding carboxylic acids is 7. The number of nitrogens with one attached hydrogen (secondary N) is 4. The quantitative estimate of drug-likeness (QED) is 0.0349. The van der Waals surface area contributed by atoms with E-state index in [1.54, 1.807) is 54.2 Å². The number of aliphatic hydroxyl groups is 1. The topological polar surface area (TPSA) is 223 Å². The Morgan fingerprint density at radius 1 is 0.923 bits per heavy atom. The summed E-state index contributed by atoms with van der Waals surface area (Å²) in [7, 11) is 1.69. The summed E-state index contributed by atoms with van der Waals surface area (Å²) in [6.45, 7) is 2.36. The number of rotatable bonds is 21. The van der Waals surface area contributed by atoms with Gasteiger partial charge in [-0.3, -0.25) is 48.5 Å². The number of anilines is 2. The largest absolute Gasteiger partial charge is 0.493 e. The van der Waals surface area contributed by atoms with Gasteiger partial charge in [-0.25, -0.2) is 4.39 Å². The van der Waals surface area contributed by atoms with Crippen molar-refractivity contribution in [3.05, 3.63) is 101 Å². The van der Waals surface area contributed by atoms with Gasteiger partial charge in [0.05, 0.1) is 53.0 Å². The Morgan fingerprint density at radius 3 is 2.42 bits per heavy atom. The summed E-state index contributed by atoms with van der Waals surface area (Å²) in [5.74, 6) is -3.48. The summed E-state index contributed by atoms with van der Waals surface area (Å²) in [5, 5.41) is 25.0. The Balaban J connectivity index is 0.803. The van der Waals surface area contributed by atoms with Crippen LogP contribution >= 0.6 is 0 Å². The summed E-state index contributed by atoms with van der Waals surface area (Å²) >= 11 is 0. The van der Waals surface area contributed by atoms with E-state index < -0.39 is 41.4 Å². The highest BCUT2D eigenvalue weighted by atomic mass is 19.1. The van der Waals surface area contributed by atoms with Crippen LogP contribution in [0.5, 0.6) is 5.75 Å². The zero-order chi connectivity index (χ0) is 46.2. The maximum Gasteiger partial charge on any atom is 0.264 e. The molecule has 7 rings (SSSR count). The normalized spacial score (nSPS) is 14.7. The summed E-state index contributed by atoms with van der Waals surface area (Å²) in [4.78, 5) is 90.0. The van der Waals surface area contributed by atoms with Gasteiger partial charge in [-0.2, -0.15) is 5.10 Å². The van der Waals surface area contributed by atoms with E-state index in [-0.39, 0.29) is 77.8 Å². The second-order valence-corrected chi connectivity index (χ2v) is 16.2. The van der Waals surface area contributed by atoms with Gasteiger partial charge in [-0.15, -0.1) is 0 Å². The summed E-state index contributed by atoms with van der Waals surface area (Å²) in [6, 6.07) is 11.5. The minimum Gasteiger partial charge on any atom is -0.493 e. The number of nitrogens with zero attached hydrogens (tertiary/aromatic N) is 4. The molecule has 5 N–H and O–H groups in total. The first kappa shape index (κ1) is 45.8.